The van der Waals surface area contributed by atoms with Crippen molar-refractivity contribution < 1.29 is 0 Å². The Hall–Kier alpha value is 0.246. The summed E-state index contributed by atoms with van der Waals surface area (Å²) in [4.78, 5) is 0. The second-order valence-electron chi connectivity index (χ2n) is 1.25. The van der Waals surface area contributed by atoms with Crippen LogP contribution in [0, 0.1) is 13.0 Å². The Balaban J connectivity index is -0.000000149. The van der Waals surface area contributed by atoms with Crippen LogP contribution in [0.3, 0.4) is 0 Å². The van der Waals surface area contributed by atoms with Gasteiger partial charge in [-0.2, -0.15) is 13.0 Å². The Kier molecular flexibility index (Phi) is 38.1. The monoisotopic (exact) mass is 148 g/mol. The van der Waals surface area contributed by atoms with Crippen LogP contribution in [-0.4, -0.2) is 23.1 Å². The molecule has 54 valence electrons. The molecule has 0 bridgehead atoms. The Labute approximate surface area is 81.6 Å². The van der Waals surface area contributed by atoms with E-state index in [4.69, 9.17) is 0 Å². The Morgan fingerprint density at radius 3 is 2.20 bits per heavy atom. The van der Waals surface area contributed by atoms with E-state index in [9.17, 15) is 0 Å². The molecule has 0 fully saturated rings. The molecule has 0 aliphatic carbocycles. The van der Waals surface area contributed by atoms with E-state index in [-0.39, 0.29) is 23.1 Å². The molecule has 0 saturated carbocycles. The van der Waals surface area contributed by atoms with Gasteiger partial charge < -0.3 is 6.92 Å². The zero-order valence-electron chi connectivity index (χ0n) is 7.35. The summed E-state index contributed by atoms with van der Waals surface area (Å²) < 4.78 is 0. The molecule has 0 amide bonds. The summed E-state index contributed by atoms with van der Waals surface area (Å²) in [6.07, 6.45) is 9.94. The summed E-state index contributed by atoms with van der Waals surface area (Å²) in [5.41, 5.74) is 0. The predicted octanol–water partition coefficient (Wildman–Crippen LogP) is 2.79. The standard InChI is InChI=1S/C7H11.C2H5.Mg/c1-3-5-7-6-4-2;1-2;/h3,5,7H,4H2,1-2H3;1H2,2H3;/q2*-1;+2. The molecule has 0 unspecified atom stereocenters. The second-order valence-corrected chi connectivity index (χ2v) is 1.25. The summed E-state index contributed by atoms with van der Waals surface area (Å²) in [6.45, 7) is 9.06. The van der Waals surface area contributed by atoms with Crippen molar-refractivity contribution in [3.8, 4) is 0 Å². The van der Waals surface area contributed by atoms with Gasteiger partial charge in [0.1, 0.15) is 0 Å². The van der Waals surface area contributed by atoms with Gasteiger partial charge in [-0.15, -0.1) is 6.42 Å². The molecule has 0 atom stereocenters. The summed E-state index contributed by atoms with van der Waals surface area (Å²) in [6, 6.07) is 0. The molecule has 0 spiro atoms. The van der Waals surface area contributed by atoms with Crippen molar-refractivity contribution >= 4 is 23.1 Å². The summed E-state index contributed by atoms with van der Waals surface area (Å²) >= 11 is 0. The number of rotatable bonds is 2. The van der Waals surface area contributed by atoms with Gasteiger partial charge in [0, 0.05) is 0 Å². The zero-order chi connectivity index (χ0) is 7.54. The van der Waals surface area contributed by atoms with Crippen LogP contribution in [0.1, 0.15) is 27.2 Å². The first-order valence-electron chi connectivity index (χ1n) is 3.30. The third-order valence-corrected chi connectivity index (χ3v) is 0.611. The van der Waals surface area contributed by atoms with E-state index >= 15 is 0 Å². The van der Waals surface area contributed by atoms with Gasteiger partial charge in [-0.3, -0.25) is 6.08 Å². The number of hydrogen-bond donors (Lipinski definition) is 0. The van der Waals surface area contributed by atoms with Crippen LogP contribution in [0.2, 0.25) is 0 Å². The molecule has 0 aromatic rings. The van der Waals surface area contributed by atoms with E-state index in [1.165, 1.54) is 0 Å². The maximum atomic E-state index is 3.25. The smallest absolute Gasteiger partial charge is 0.346 e. The van der Waals surface area contributed by atoms with Gasteiger partial charge in [-0.25, -0.2) is 12.2 Å². The molecular weight excluding hydrogens is 132 g/mol. The maximum Gasteiger partial charge on any atom is 2.00 e. The van der Waals surface area contributed by atoms with Crippen molar-refractivity contribution in [2.45, 2.75) is 27.2 Å². The van der Waals surface area contributed by atoms with Gasteiger partial charge in [0.2, 0.25) is 0 Å². The van der Waals surface area contributed by atoms with Crippen LogP contribution >= 0.6 is 0 Å². The van der Waals surface area contributed by atoms with Crippen molar-refractivity contribution in [2.75, 3.05) is 0 Å². The molecular formula is C9H16Mg. The maximum absolute atomic E-state index is 3.25. The van der Waals surface area contributed by atoms with E-state index < -0.39 is 0 Å². The van der Waals surface area contributed by atoms with Crippen LogP contribution in [0.25, 0.3) is 0 Å². The second kappa shape index (κ2) is 22.8. The minimum absolute atomic E-state index is 0. The fourth-order valence-electron chi connectivity index (χ4n) is 0.282. The minimum Gasteiger partial charge on any atom is -0.346 e. The fraction of sp³-hybridized carbons (Fsp3) is 0.444. The van der Waals surface area contributed by atoms with Gasteiger partial charge in [-0.05, 0) is 0 Å². The first kappa shape index (κ1) is 16.7. The van der Waals surface area contributed by atoms with Crippen molar-refractivity contribution in [3.05, 3.63) is 31.2 Å². The van der Waals surface area contributed by atoms with E-state index in [0.29, 0.717) is 0 Å². The van der Waals surface area contributed by atoms with Crippen molar-refractivity contribution in [1.82, 2.24) is 0 Å². The quantitative estimate of drug-likeness (QED) is 0.321. The van der Waals surface area contributed by atoms with Gasteiger partial charge in [0.05, 0.1) is 0 Å². The van der Waals surface area contributed by atoms with Crippen LogP contribution in [-0.2, 0) is 0 Å². The van der Waals surface area contributed by atoms with Gasteiger partial charge in [0.25, 0.3) is 0 Å². The van der Waals surface area contributed by atoms with Crippen molar-refractivity contribution in [2.24, 2.45) is 0 Å². The predicted molar refractivity (Wildman–Crippen MR) is 49.7 cm³/mol. The van der Waals surface area contributed by atoms with E-state index in [1.807, 2.05) is 25.2 Å². The normalized spacial score (nSPS) is 8.80. The molecule has 1 heteroatoms. The molecule has 0 aromatic carbocycles. The van der Waals surface area contributed by atoms with Gasteiger partial charge >= 0.3 is 23.1 Å². The average Bonchev–Trinajstić information content (AvgIpc) is 1.94. The molecule has 0 nitrogen and oxygen atoms in total. The van der Waals surface area contributed by atoms with E-state index in [2.05, 4.69) is 19.9 Å². The SMILES string of the molecule is CC=CC=[C-]CC.[CH2-]C.[Mg+2]. The van der Waals surface area contributed by atoms with Gasteiger partial charge in [-0.1, -0.05) is 13.8 Å². The molecule has 0 aliphatic rings. The first-order valence-corrected chi connectivity index (χ1v) is 3.30. The van der Waals surface area contributed by atoms with Crippen LogP contribution in [0.4, 0.5) is 0 Å². The number of hydrogen-bond acceptors (Lipinski definition) is 0. The Morgan fingerprint density at radius 2 is 1.90 bits per heavy atom. The summed E-state index contributed by atoms with van der Waals surface area (Å²) in [5, 5.41) is 0. The molecule has 0 N–H and O–H groups in total. The van der Waals surface area contributed by atoms with E-state index in [1.54, 1.807) is 6.92 Å². The molecule has 0 rings (SSSR count). The molecule has 10 heavy (non-hydrogen) atoms. The molecule has 0 radical (unpaired) electrons. The molecule has 0 aliphatic heterocycles. The number of allylic oxidation sites excluding steroid dienone is 4. The van der Waals surface area contributed by atoms with Crippen molar-refractivity contribution in [1.29, 1.82) is 0 Å². The largest absolute Gasteiger partial charge is 2.00 e. The average molecular weight is 149 g/mol. The topological polar surface area (TPSA) is 0 Å². The third-order valence-electron chi connectivity index (χ3n) is 0.611. The summed E-state index contributed by atoms with van der Waals surface area (Å²) in [7, 11) is 0. The van der Waals surface area contributed by atoms with Crippen LogP contribution in [0.5, 0.6) is 0 Å². The minimum atomic E-state index is 0. The zero-order valence-corrected chi connectivity index (χ0v) is 8.77. The Morgan fingerprint density at radius 1 is 1.40 bits per heavy atom. The Bertz CT molecular complexity index is 72.8. The van der Waals surface area contributed by atoms with Crippen LogP contribution < -0.4 is 0 Å². The van der Waals surface area contributed by atoms with E-state index in [0.717, 1.165) is 6.42 Å². The fourth-order valence-corrected chi connectivity index (χ4v) is 0.282. The molecule has 0 saturated heterocycles. The van der Waals surface area contributed by atoms with Crippen molar-refractivity contribution in [3.63, 3.8) is 0 Å². The molecule has 0 aromatic heterocycles. The third kappa shape index (κ3) is 24.0. The van der Waals surface area contributed by atoms with Gasteiger partial charge in [0.15, 0.2) is 0 Å². The summed E-state index contributed by atoms with van der Waals surface area (Å²) in [5.74, 6) is 0. The first-order chi connectivity index (χ1) is 4.41. The van der Waals surface area contributed by atoms with Crippen LogP contribution in [0.15, 0.2) is 18.2 Å². The molecule has 0 heterocycles.